The topological polar surface area (TPSA) is 35.6 Å². The average Bonchev–Trinajstić information content (AvgIpc) is 2.60. The Bertz CT molecular complexity index is 756. The zero-order valence-corrected chi connectivity index (χ0v) is 16.5. The lowest BCUT2D eigenvalue weighted by molar-refractivity contribution is -0.117. The van der Waals surface area contributed by atoms with Crippen LogP contribution in [0.5, 0.6) is 0 Å². The van der Waals surface area contributed by atoms with Crippen molar-refractivity contribution in [1.82, 2.24) is 9.80 Å². The highest BCUT2D eigenvalue weighted by Crippen LogP contribution is 2.26. The van der Waals surface area contributed by atoms with Gasteiger partial charge in [0.1, 0.15) is 0 Å². The zero-order chi connectivity index (χ0) is 18.5. The molecule has 0 radical (unpaired) electrons. The SMILES string of the molecule is O=C(CN1CCN(Cc2c(Cl)cccc2Cl)CC1)Nc1cccc(Cl)c1. The lowest BCUT2D eigenvalue weighted by atomic mass is 10.2. The highest BCUT2D eigenvalue weighted by molar-refractivity contribution is 6.36. The van der Waals surface area contributed by atoms with Crippen molar-refractivity contribution in [2.45, 2.75) is 6.54 Å². The monoisotopic (exact) mass is 411 g/mol. The Morgan fingerprint density at radius 2 is 1.54 bits per heavy atom. The second-order valence-electron chi connectivity index (χ2n) is 6.31. The Morgan fingerprint density at radius 1 is 0.923 bits per heavy atom. The molecule has 4 nitrogen and oxygen atoms in total. The maximum absolute atomic E-state index is 12.2. The molecule has 0 saturated carbocycles. The van der Waals surface area contributed by atoms with Crippen LogP contribution in [0.15, 0.2) is 42.5 Å². The van der Waals surface area contributed by atoms with Gasteiger partial charge in [0.25, 0.3) is 0 Å². The van der Waals surface area contributed by atoms with Gasteiger partial charge >= 0.3 is 0 Å². The molecule has 0 aromatic heterocycles. The van der Waals surface area contributed by atoms with Gasteiger partial charge in [-0.25, -0.2) is 0 Å². The first-order valence-electron chi connectivity index (χ1n) is 8.44. The molecule has 2 aromatic carbocycles. The molecule has 1 N–H and O–H groups in total. The molecule has 0 spiro atoms. The fourth-order valence-corrected chi connectivity index (χ4v) is 3.69. The van der Waals surface area contributed by atoms with Crippen LogP contribution in [0.1, 0.15) is 5.56 Å². The van der Waals surface area contributed by atoms with Gasteiger partial charge in [-0.2, -0.15) is 0 Å². The smallest absolute Gasteiger partial charge is 0.238 e. The minimum atomic E-state index is -0.0325. The maximum atomic E-state index is 12.2. The maximum Gasteiger partial charge on any atom is 0.238 e. The summed E-state index contributed by atoms with van der Waals surface area (Å²) >= 11 is 18.4. The molecule has 1 amide bonds. The van der Waals surface area contributed by atoms with Gasteiger partial charge in [0.05, 0.1) is 6.54 Å². The van der Waals surface area contributed by atoms with Crippen molar-refractivity contribution >= 4 is 46.4 Å². The van der Waals surface area contributed by atoms with Crippen molar-refractivity contribution in [3.63, 3.8) is 0 Å². The third-order valence-electron chi connectivity index (χ3n) is 4.38. The Hall–Kier alpha value is -1.30. The molecule has 1 heterocycles. The van der Waals surface area contributed by atoms with Crippen LogP contribution in [0.4, 0.5) is 5.69 Å². The van der Waals surface area contributed by atoms with Gasteiger partial charge in [-0.05, 0) is 30.3 Å². The van der Waals surface area contributed by atoms with Crippen molar-refractivity contribution in [2.75, 3.05) is 38.0 Å². The number of rotatable bonds is 5. The second kappa shape index (κ2) is 9.07. The van der Waals surface area contributed by atoms with Gasteiger partial charge in [-0.15, -0.1) is 0 Å². The van der Waals surface area contributed by atoms with Gasteiger partial charge in [0, 0.05) is 59.0 Å². The summed E-state index contributed by atoms with van der Waals surface area (Å²) in [6, 6.07) is 12.7. The molecule has 1 aliphatic rings. The molecule has 26 heavy (non-hydrogen) atoms. The van der Waals surface area contributed by atoms with E-state index in [9.17, 15) is 4.79 Å². The number of carbonyl (C=O) groups is 1. The molecule has 138 valence electrons. The summed E-state index contributed by atoms with van der Waals surface area (Å²) in [6.07, 6.45) is 0. The number of nitrogens with zero attached hydrogens (tertiary/aromatic N) is 2. The normalized spacial score (nSPS) is 15.8. The van der Waals surface area contributed by atoms with Crippen LogP contribution < -0.4 is 5.32 Å². The zero-order valence-electron chi connectivity index (χ0n) is 14.2. The van der Waals surface area contributed by atoms with Crippen LogP contribution in [0.2, 0.25) is 15.1 Å². The molecule has 0 unspecified atom stereocenters. The number of benzene rings is 2. The number of piperazine rings is 1. The molecular weight excluding hydrogens is 393 g/mol. The van der Waals surface area contributed by atoms with E-state index in [1.807, 2.05) is 30.3 Å². The van der Waals surface area contributed by atoms with E-state index in [1.54, 1.807) is 12.1 Å². The largest absolute Gasteiger partial charge is 0.325 e. The first-order chi connectivity index (χ1) is 12.5. The summed E-state index contributed by atoms with van der Waals surface area (Å²) in [5.41, 5.74) is 1.68. The van der Waals surface area contributed by atoms with Gasteiger partial charge < -0.3 is 5.32 Å². The highest BCUT2D eigenvalue weighted by Gasteiger charge is 2.20. The van der Waals surface area contributed by atoms with E-state index in [0.717, 1.165) is 44.0 Å². The molecule has 2 aromatic rings. The fourth-order valence-electron chi connectivity index (χ4n) is 2.98. The quantitative estimate of drug-likeness (QED) is 0.790. The number of halogens is 3. The second-order valence-corrected chi connectivity index (χ2v) is 7.56. The number of hydrogen-bond acceptors (Lipinski definition) is 3. The van der Waals surface area contributed by atoms with Crippen LogP contribution >= 0.6 is 34.8 Å². The van der Waals surface area contributed by atoms with Crippen LogP contribution in [0.3, 0.4) is 0 Å². The number of amides is 1. The molecule has 7 heteroatoms. The van der Waals surface area contributed by atoms with E-state index < -0.39 is 0 Å². The first-order valence-corrected chi connectivity index (χ1v) is 9.57. The van der Waals surface area contributed by atoms with Crippen molar-refractivity contribution in [1.29, 1.82) is 0 Å². The third-order valence-corrected chi connectivity index (χ3v) is 5.33. The van der Waals surface area contributed by atoms with Gasteiger partial charge in [-0.1, -0.05) is 46.9 Å². The predicted molar refractivity (Wildman–Crippen MR) is 108 cm³/mol. The molecule has 0 atom stereocenters. The summed E-state index contributed by atoms with van der Waals surface area (Å²) in [6.45, 7) is 4.47. The van der Waals surface area contributed by atoms with E-state index in [2.05, 4.69) is 15.1 Å². The van der Waals surface area contributed by atoms with E-state index in [4.69, 9.17) is 34.8 Å². The van der Waals surface area contributed by atoms with Gasteiger partial charge in [-0.3, -0.25) is 14.6 Å². The Morgan fingerprint density at radius 3 is 2.19 bits per heavy atom. The van der Waals surface area contributed by atoms with Crippen molar-refractivity contribution in [2.24, 2.45) is 0 Å². The number of carbonyl (C=O) groups excluding carboxylic acids is 1. The first kappa shape index (κ1) is 19.5. The third kappa shape index (κ3) is 5.35. The summed E-state index contributed by atoms with van der Waals surface area (Å²) in [7, 11) is 0. The molecule has 1 saturated heterocycles. The van der Waals surface area contributed by atoms with E-state index in [0.29, 0.717) is 21.6 Å². The summed E-state index contributed by atoms with van der Waals surface area (Å²) in [5.74, 6) is -0.0325. The van der Waals surface area contributed by atoms with E-state index in [-0.39, 0.29) is 5.91 Å². The minimum Gasteiger partial charge on any atom is -0.325 e. The fraction of sp³-hybridized carbons (Fsp3) is 0.316. The number of hydrogen-bond donors (Lipinski definition) is 1. The summed E-state index contributed by atoms with van der Waals surface area (Å²) < 4.78 is 0. The highest BCUT2D eigenvalue weighted by atomic mass is 35.5. The Labute approximate surface area is 168 Å². The molecule has 3 rings (SSSR count). The molecule has 0 aliphatic carbocycles. The van der Waals surface area contributed by atoms with Crippen molar-refractivity contribution in [3.8, 4) is 0 Å². The number of nitrogens with one attached hydrogen (secondary N) is 1. The van der Waals surface area contributed by atoms with Crippen molar-refractivity contribution < 1.29 is 4.79 Å². The average molecular weight is 413 g/mol. The summed E-state index contributed by atoms with van der Waals surface area (Å²) in [4.78, 5) is 16.7. The number of anilines is 1. The van der Waals surface area contributed by atoms with Crippen LogP contribution in [0.25, 0.3) is 0 Å². The lowest BCUT2D eigenvalue weighted by Gasteiger charge is -2.34. The molecular formula is C19H20Cl3N3O. The van der Waals surface area contributed by atoms with Gasteiger partial charge in [0.2, 0.25) is 5.91 Å². The molecule has 1 fully saturated rings. The van der Waals surface area contributed by atoms with E-state index in [1.165, 1.54) is 0 Å². The summed E-state index contributed by atoms with van der Waals surface area (Å²) in [5, 5.41) is 4.88. The van der Waals surface area contributed by atoms with Crippen LogP contribution in [0, 0.1) is 0 Å². The predicted octanol–water partition coefficient (Wildman–Crippen LogP) is 4.40. The van der Waals surface area contributed by atoms with Crippen LogP contribution in [-0.4, -0.2) is 48.4 Å². The standard InChI is InChI=1S/C19H20Cl3N3O/c20-14-3-1-4-15(11-14)23-19(26)13-25-9-7-24(8-10-25)12-16-17(21)5-2-6-18(16)22/h1-6,11H,7-10,12-13H2,(H,23,26). The minimum absolute atomic E-state index is 0.0325. The Kier molecular flexibility index (Phi) is 6.79. The van der Waals surface area contributed by atoms with Crippen molar-refractivity contribution in [3.05, 3.63) is 63.1 Å². The van der Waals surface area contributed by atoms with E-state index >= 15 is 0 Å². The molecule has 0 bridgehead atoms. The lowest BCUT2D eigenvalue weighted by Crippen LogP contribution is -2.48. The molecule has 1 aliphatic heterocycles. The van der Waals surface area contributed by atoms with Crippen LogP contribution in [-0.2, 0) is 11.3 Å². The van der Waals surface area contributed by atoms with Gasteiger partial charge in [0.15, 0.2) is 0 Å². The Balaban J connectivity index is 1.47.